The number of carboxylic acid groups (broad SMARTS) is 1. The summed E-state index contributed by atoms with van der Waals surface area (Å²) >= 11 is 5.15. The van der Waals surface area contributed by atoms with E-state index in [2.05, 4.69) is 17.8 Å². The largest absolute Gasteiger partial charge is 0.476 e. The number of carbonyl (C=O) groups is 2. The van der Waals surface area contributed by atoms with Crippen molar-refractivity contribution in [2.45, 2.75) is 0 Å². The summed E-state index contributed by atoms with van der Waals surface area (Å²) in [7, 11) is 0. The molecule has 0 atom stereocenters. The van der Waals surface area contributed by atoms with Crippen LogP contribution in [0.4, 0.5) is 0 Å². The quantitative estimate of drug-likeness (QED) is 0.149. The average molecular weight is 223 g/mol. The van der Waals surface area contributed by atoms with Crippen molar-refractivity contribution in [2.24, 2.45) is 5.16 Å². The van der Waals surface area contributed by atoms with Crippen molar-refractivity contribution < 1.29 is 19.9 Å². The number of carboxylic acids is 1. The van der Waals surface area contributed by atoms with Crippen LogP contribution in [0, 0.1) is 0 Å². The monoisotopic (exact) mass is 223 g/mol. The Morgan fingerprint density at radius 1 is 1.46 bits per heavy atom. The number of carbonyl (C=O) groups excluding carboxylic acids is 1. The van der Waals surface area contributed by atoms with Gasteiger partial charge in [0.05, 0.1) is 5.75 Å². The molecular weight excluding hydrogens is 214 g/mol. The summed E-state index contributed by atoms with van der Waals surface area (Å²) in [6.07, 6.45) is 0. The molecule has 0 bridgehead atoms. The number of thioether (sulfide) groups is 1. The summed E-state index contributed by atoms with van der Waals surface area (Å²) in [6, 6.07) is 0. The second-order valence-corrected chi connectivity index (χ2v) is 3.51. The molecule has 7 heteroatoms. The lowest BCUT2D eigenvalue weighted by Crippen LogP contribution is -2.25. The van der Waals surface area contributed by atoms with Crippen molar-refractivity contribution >= 4 is 41.9 Å². The van der Waals surface area contributed by atoms with Crippen LogP contribution < -0.4 is 0 Å². The van der Waals surface area contributed by atoms with Crippen LogP contribution in [0.15, 0.2) is 5.16 Å². The number of hydrogen-bond donors (Lipinski definition) is 3. The van der Waals surface area contributed by atoms with E-state index in [9.17, 15) is 9.59 Å². The maximum Gasteiger partial charge on any atom is 0.361 e. The summed E-state index contributed by atoms with van der Waals surface area (Å²) in [6.45, 7) is 0. The van der Waals surface area contributed by atoms with Crippen LogP contribution in [0.3, 0.4) is 0 Å². The summed E-state index contributed by atoms with van der Waals surface area (Å²) in [5.41, 5.74) is -0.827. The Balaban J connectivity index is 4.02. The first kappa shape index (κ1) is 12.3. The molecule has 0 radical (unpaired) electrons. The molecule has 0 aliphatic carbocycles. The predicted molar refractivity (Wildman–Crippen MR) is 53.0 cm³/mol. The van der Waals surface area contributed by atoms with Gasteiger partial charge in [-0.25, -0.2) is 4.79 Å². The van der Waals surface area contributed by atoms with E-state index in [1.54, 1.807) is 0 Å². The number of rotatable bonds is 6. The van der Waals surface area contributed by atoms with E-state index in [-0.39, 0.29) is 5.75 Å². The fourth-order valence-electron chi connectivity index (χ4n) is 0.516. The molecule has 0 heterocycles. The number of thiol groups is 1. The van der Waals surface area contributed by atoms with Gasteiger partial charge in [-0.15, -0.1) is 0 Å². The van der Waals surface area contributed by atoms with Crippen LogP contribution in [0.25, 0.3) is 0 Å². The molecule has 0 aromatic heterocycles. The van der Waals surface area contributed by atoms with E-state index in [4.69, 9.17) is 10.3 Å². The third-order valence-corrected chi connectivity index (χ3v) is 2.52. The standard InChI is InChI=1S/C6H9NO4S2/c8-4(3-13-2-1-12)5(7-11)6(9)10/h11-12H,1-3H2,(H,9,10). The van der Waals surface area contributed by atoms with Crippen LogP contribution in [-0.4, -0.2) is 45.0 Å². The first-order valence-electron chi connectivity index (χ1n) is 3.30. The lowest BCUT2D eigenvalue weighted by atomic mass is 10.3. The number of oxime groups is 1. The van der Waals surface area contributed by atoms with Crippen LogP contribution in [0.2, 0.25) is 0 Å². The second kappa shape index (κ2) is 6.79. The zero-order valence-electron chi connectivity index (χ0n) is 6.63. The molecule has 74 valence electrons. The smallest absolute Gasteiger partial charge is 0.361 e. The Morgan fingerprint density at radius 3 is 2.46 bits per heavy atom. The first-order chi connectivity index (χ1) is 6.13. The molecule has 2 N–H and O–H groups in total. The molecule has 0 aliphatic rings. The minimum atomic E-state index is -1.51. The zero-order chi connectivity index (χ0) is 10.3. The van der Waals surface area contributed by atoms with E-state index >= 15 is 0 Å². The van der Waals surface area contributed by atoms with Crippen molar-refractivity contribution in [1.82, 2.24) is 0 Å². The minimum Gasteiger partial charge on any atom is -0.476 e. The van der Waals surface area contributed by atoms with Gasteiger partial charge in [0.1, 0.15) is 0 Å². The second-order valence-electron chi connectivity index (χ2n) is 1.95. The van der Waals surface area contributed by atoms with E-state index in [0.29, 0.717) is 11.5 Å². The molecule has 0 aliphatic heterocycles. The molecular formula is C6H9NO4S2. The molecule has 5 nitrogen and oxygen atoms in total. The van der Waals surface area contributed by atoms with Gasteiger partial charge >= 0.3 is 5.97 Å². The van der Waals surface area contributed by atoms with Crippen molar-refractivity contribution in [3.05, 3.63) is 0 Å². The molecule has 0 saturated carbocycles. The highest BCUT2D eigenvalue weighted by Gasteiger charge is 2.19. The van der Waals surface area contributed by atoms with Gasteiger partial charge in [0.15, 0.2) is 0 Å². The van der Waals surface area contributed by atoms with Crippen LogP contribution in [0.5, 0.6) is 0 Å². The Labute approximate surface area is 84.6 Å². The van der Waals surface area contributed by atoms with E-state index in [1.807, 2.05) is 0 Å². The average Bonchev–Trinajstić information content (AvgIpc) is 2.05. The van der Waals surface area contributed by atoms with Crippen LogP contribution in [0.1, 0.15) is 0 Å². The van der Waals surface area contributed by atoms with Gasteiger partial charge in [-0.05, 0) is 5.75 Å². The highest BCUT2D eigenvalue weighted by molar-refractivity contribution is 8.00. The summed E-state index contributed by atoms with van der Waals surface area (Å²) < 4.78 is 0. The third kappa shape index (κ3) is 4.79. The fraction of sp³-hybridized carbons (Fsp3) is 0.500. The van der Waals surface area contributed by atoms with Crippen molar-refractivity contribution in [3.8, 4) is 0 Å². The predicted octanol–water partition coefficient (Wildman–Crippen LogP) is 0.133. The lowest BCUT2D eigenvalue weighted by Gasteiger charge is -1.97. The normalized spacial score (nSPS) is 11.3. The minimum absolute atomic E-state index is 0.00769. The number of ketones is 1. The molecule has 0 spiro atoms. The number of hydrogen-bond acceptors (Lipinski definition) is 6. The molecule has 0 unspecified atom stereocenters. The van der Waals surface area contributed by atoms with Gasteiger partial charge < -0.3 is 10.3 Å². The first-order valence-corrected chi connectivity index (χ1v) is 5.09. The summed E-state index contributed by atoms with van der Waals surface area (Å²) in [5, 5.41) is 19.0. The van der Waals surface area contributed by atoms with Crippen LogP contribution in [-0.2, 0) is 9.59 Å². The van der Waals surface area contributed by atoms with Crippen molar-refractivity contribution in [2.75, 3.05) is 17.3 Å². The molecule has 0 fully saturated rings. The summed E-state index contributed by atoms with van der Waals surface area (Å²) in [5.74, 6) is -0.962. The lowest BCUT2D eigenvalue weighted by molar-refractivity contribution is -0.130. The van der Waals surface area contributed by atoms with Crippen molar-refractivity contribution in [1.29, 1.82) is 0 Å². The number of nitrogens with zero attached hydrogens (tertiary/aromatic N) is 1. The molecule has 0 aromatic carbocycles. The Kier molecular flexibility index (Phi) is 6.43. The zero-order valence-corrected chi connectivity index (χ0v) is 8.35. The fourth-order valence-corrected chi connectivity index (χ4v) is 1.50. The van der Waals surface area contributed by atoms with Crippen molar-refractivity contribution in [3.63, 3.8) is 0 Å². The van der Waals surface area contributed by atoms with E-state index < -0.39 is 17.5 Å². The highest BCUT2D eigenvalue weighted by atomic mass is 32.2. The van der Waals surface area contributed by atoms with Gasteiger partial charge in [-0.2, -0.15) is 24.4 Å². The van der Waals surface area contributed by atoms with Gasteiger partial charge in [-0.3, -0.25) is 4.79 Å². The molecule has 0 aromatic rings. The summed E-state index contributed by atoms with van der Waals surface area (Å²) in [4.78, 5) is 21.2. The van der Waals surface area contributed by atoms with Gasteiger partial charge in [0.25, 0.3) is 0 Å². The topological polar surface area (TPSA) is 87.0 Å². The number of Topliss-reactive ketones (excluding diaryl/α,β-unsaturated/α-hetero) is 1. The highest BCUT2D eigenvalue weighted by Crippen LogP contribution is 2.01. The Morgan fingerprint density at radius 2 is 2.08 bits per heavy atom. The maximum atomic E-state index is 11.0. The van der Waals surface area contributed by atoms with Crippen LogP contribution >= 0.6 is 24.4 Å². The Bertz CT molecular complexity index is 229. The maximum absolute atomic E-state index is 11.0. The molecule has 0 saturated heterocycles. The Hall–Kier alpha value is -0.690. The number of aliphatic carboxylic acids is 1. The van der Waals surface area contributed by atoms with E-state index in [0.717, 1.165) is 0 Å². The molecule has 0 rings (SSSR count). The van der Waals surface area contributed by atoms with E-state index in [1.165, 1.54) is 11.8 Å². The third-order valence-electron chi connectivity index (χ3n) is 1.04. The van der Waals surface area contributed by atoms with Gasteiger partial charge in [0, 0.05) is 5.75 Å². The van der Waals surface area contributed by atoms with Gasteiger partial charge in [0.2, 0.25) is 11.5 Å². The molecule has 0 amide bonds. The molecule has 13 heavy (non-hydrogen) atoms. The SMILES string of the molecule is O=C(O)C(=NO)C(=O)CSCCS. The van der Waals surface area contributed by atoms with Gasteiger partial charge in [-0.1, -0.05) is 5.16 Å².